The van der Waals surface area contributed by atoms with Gasteiger partial charge in [-0.15, -0.1) is 0 Å². The lowest BCUT2D eigenvalue weighted by molar-refractivity contribution is 0.0860. The first-order chi connectivity index (χ1) is 12.2. The molecule has 0 spiro atoms. The Morgan fingerprint density at radius 2 is 1.36 bits per heavy atom. The summed E-state index contributed by atoms with van der Waals surface area (Å²) in [7, 11) is 0. The normalized spacial score (nSPS) is 12.1. The lowest BCUT2D eigenvalue weighted by Gasteiger charge is -2.24. The van der Waals surface area contributed by atoms with Crippen molar-refractivity contribution in [3.8, 4) is 0 Å². The average molecular weight is 337 g/mol. The van der Waals surface area contributed by atoms with Crippen LogP contribution in [0.15, 0.2) is 60.7 Å². The zero-order valence-corrected chi connectivity index (χ0v) is 15.2. The van der Waals surface area contributed by atoms with E-state index in [9.17, 15) is 9.59 Å². The van der Waals surface area contributed by atoms with Crippen molar-refractivity contribution < 1.29 is 9.59 Å². The lowest BCUT2D eigenvalue weighted by atomic mass is 9.90. The van der Waals surface area contributed by atoms with Crippen molar-refractivity contribution in [2.45, 2.75) is 26.7 Å². The Morgan fingerprint density at radius 3 is 1.88 bits per heavy atom. The highest BCUT2D eigenvalue weighted by molar-refractivity contribution is 5.99. The van der Waals surface area contributed by atoms with E-state index in [1.807, 2.05) is 60.7 Å². The molecule has 0 fully saturated rings. The number of carbonyl (C=O) groups excluding carboxylic acids is 2. The summed E-state index contributed by atoms with van der Waals surface area (Å²) >= 11 is 0. The standard InChI is InChI=1S/C22H27NO2/c1-3-23(4-2)17-20(22(25)19-13-9-6-10-14-19)15-16-21(24)18-11-7-5-8-12-18/h5-14,20H,3-4,15-17H2,1-2H3. The number of hydrogen-bond donors (Lipinski definition) is 0. The molecule has 2 rings (SSSR count). The Morgan fingerprint density at radius 1 is 0.840 bits per heavy atom. The van der Waals surface area contributed by atoms with E-state index >= 15 is 0 Å². The smallest absolute Gasteiger partial charge is 0.167 e. The van der Waals surface area contributed by atoms with Crippen LogP contribution in [-0.2, 0) is 0 Å². The monoisotopic (exact) mass is 337 g/mol. The van der Waals surface area contributed by atoms with Gasteiger partial charge >= 0.3 is 0 Å². The number of ketones is 2. The Bertz CT molecular complexity index is 663. The molecule has 132 valence electrons. The number of hydrogen-bond acceptors (Lipinski definition) is 3. The molecule has 25 heavy (non-hydrogen) atoms. The second-order valence-electron chi connectivity index (χ2n) is 6.24. The molecule has 0 saturated heterocycles. The van der Waals surface area contributed by atoms with Crippen molar-refractivity contribution in [3.05, 3.63) is 71.8 Å². The summed E-state index contributed by atoms with van der Waals surface area (Å²) in [5, 5.41) is 0. The van der Waals surface area contributed by atoms with Gasteiger partial charge in [0.1, 0.15) is 0 Å². The van der Waals surface area contributed by atoms with E-state index in [1.165, 1.54) is 0 Å². The fraction of sp³-hybridized carbons (Fsp3) is 0.364. The van der Waals surface area contributed by atoms with Crippen molar-refractivity contribution in [3.63, 3.8) is 0 Å². The van der Waals surface area contributed by atoms with Gasteiger partial charge in [-0.05, 0) is 19.5 Å². The first-order valence-electron chi connectivity index (χ1n) is 9.05. The quantitative estimate of drug-likeness (QED) is 0.599. The molecule has 0 saturated carbocycles. The molecule has 0 amide bonds. The minimum Gasteiger partial charge on any atom is -0.303 e. The van der Waals surface area contributed by atoms with Gasteiger partial charge in [0.25, 0.3) is 0 Å². The van der Waals surface area contributed by atoms with Crippen LogP contribution >= 0.6 is 0 Å². The first-order valence-corrected chi connectivity index (χ1v) is 9.05. The molecule has 2 aromatic rings. The highest BCUT2D eigenvalue weighted by Crippen LogP contribution is 2.18. The summed E-state index contributed by atoms with van der Waals surface area (Å²) in [6.07, 6.45) is 0.979. The predicted molar refractivity (Wildman–Crippen MR) is 102 cm³/mol. The molecule has 0 aliphatic carbocycles. The van der Waals surface area contributed by atoms with E-state index in [1.54, 1.807) is 0 Å². The molecule has 0 heterocycles. The van der Waals surface area contributed by atoms with Crippen LogP contribution in [0.1, 0.15) is 47.4 Å². The molecule has 0 aliphatic heterocycles. The Kier molecular flexibility index (Phi) is 7.55. The summed E-state index contributed by atoms with van der Waals surface area (Å²) in [6, 6.07) is 18.7. The van der Waals surface area contributed by atoms with Crippen molar-refractivity contribution in [2.24, 2.45) is 5.92 Å². The average Bonchev–Trinajstić information content (AvgIpc) is 2.69. The first kappa shape index (κ1) is 19.1. The van der Waals surface area contributed by atoms with Gasteiger partial charge in [-0.25, -0.2) is 0 Å². The van der Waals surface area contributed by atoms with Crippen LogP contribution < -0.4 is 0 Å². The van der Waals surface area contributed by atoms with Gasteiger partial charge < -0.3 is 4.90 Å². The largest absolute Gasteiger partial charge is 0.303 e. The van der Waals surface area contributed by atoms with Crippen LogP contribution in [0.4, 0.5) is 0 Å². The number of carbonyl (C=O) groups is 2. The van der Waals surface area contributed by atoms with E-state index in [0.29, 0.717) is 19.4 Å². The molecule has 0 aromatic heterocycles. The van der Waals surface area contributed by atoms with E-state index in [4.69, 9.17) is 0 Å². The number of Topliss-reactive ketones (excluding diaryl/α,β-unsaturated/α-hetero) is 2. The van der Waals surface area contributed by atoms with Crippen LogP contribution in [-0.4, -0.2) is 36.1 Å². The summed E-state index contributed by atoms with van der Waals surface area (Å²) in [5.41, 5.74) is 1.45. The zero-order chi connectivity index (χ0) is 18.1. The minimum absolute atomic E-state index is 0.103. The Balaban J connectivity index is 2.08. The van der Waals surface area contributed by atoms with Crippen LogP contribution in [0.5, 0.6) is 0 Å². The van der Waals surface area contributed by atoms with Crippen molar-refractivity contribution in [2.75, 3.05) is 19.6 Å². The number of rotatable bonds is 10. The van der Waals surface area contributed by atoms with Gasteiger partial charge in [0.2, 0.25) is 0 Å². The Hall–Kier alpha value is -2.26. The van der Waals surface area contributed by atoms with Gasteiger partial charge in [0.15, 0.2) is 11.6 Å². The molecule has 2 aromatic carbocycles. The maximum absolute atomic E-state index is 12.9. The maximum Gasteiger partial charge on any atom is 0.167 e. The third-order valence-corrected chi connectivity index (χ3v) is 4.62. The van der Waals surface area contributed by atoms with Crippen LogP contribution in [0.25, 0.3) is 0 Å². The molecule has 1 atom stereocenters. The fourth-order valence-electron chi connectivity index (χ4n) is 3.01. The molecule has 0 N–H and O–H groups in total. The lowest BCUT2D eigenvalue weighted by Crippen LogP contribution is -2.33. The summed E-state index contributed by atoms with van der Waals surface area (Å²) in [5.74, 6) is 0.0781. The molecular weight excluding hydrogens is 310 g/mol. The minimum atomic E-state index is -0.157. The second-order valence-corrected chi connectivity index (χ2v) is 6.24. The van der Waals surface area contributed by atoms with Gasteiger partial charge in [-0.3, -0.25) is 9.59 Å². The molecule has 0 bridgehead atoms. The maximum atomic E-state index is 12.9. The molecule has 1 unspecified atom stereocenters. The highest BCUT2D eigenvalue weighted by Gasteiger charge is 2.23. The molecule has 0 aliphatic rings. The predicted octanol–water partition coefficient (Wildman–Crippen LogP) is 4.49. The SMILES string of the molecule is CCN(CC)CC(CCC(=O)c1ccccc1)C(=O)c1ccccc1. The summed E-state index contributed by atoms with van der Waals surface area (Å²) in [4.78, 5) is 27.6. The third kappa shape index (κ3) is 5.64. The van der Waals surface area contributed by atoms with Crippen LogP contribution in [0.2, 0.25) is 0 Å². The van der Waals surface area contributed by atoms with E-state index in [0.717, 1.165) is 24.2 Å². The van der Waals surface area contributed by atoms with Gasteiger partial charge in [-0.1, -0.05) is 74.5 Å². The summed E-state index contributed by atoms with van der Waals surface area (Å²) in [6.45, 7) is 6.71. The van der Waals surface area contributed by atoms with E-state index in [2.05, 4.69) is 18.7 Å². The van der Waals surface area contributed by atoms with Crippen LogP contribution in [0, 0.1) is 5.92 Å². The van der Waals surface area contributed by atoms with E-state index < -0.39 is 0 Å². The highest BCUT2D eigenvalue weighted by atomic mass is 16.1. The Labute approximate surface area is 150 Å². The van der Waals surface area contributed by atoms with Gasteiger partial charge in [-0.2, -0.15) is 0 Å². The molecule has 3 heteroatoms. The summed E-state index contributed by atoms with van der Waals surface area (Å²) < 4.78 is 0. The number of nitrogens with zero attached hydrogens (tertiary/aromatic N) is 1. The van der Waals surface area contributed by atoms with Crippen molar-refractivity contribution in [1.82, 2.24) is 4.90 Å². The second kappa shape index (κ2) is 9.90. The molecular formula is C22H27NO2. The molecule has 3 nitrogen and oxygen atoms in total. The molecule has 0 radical (unpaired) electrons. The van der Waals surface area contributed by atoms with Crippen molar-refractivity contribution in [1.29, 1.82) is 0 Å². The van der Waals surface area contributed by atoms with Crippen LogP contribution in [0.3, 0.4) is 0 Å². The zero-order valence-electron chi connectivity index (χ0n) is 15.2. The van der Waals surface area contributed by atoms with Gasteiger partial charge in [0.05, 0.1) is 0 Å². The fourth-order valence-corrected chi connectivity index (χ4v) is 3.01. The number of benzene rings is 2. The van der Waals surface area contributed by atoms with Gasteiger partial charge in [0, 0.05) is 30.0 Å². The van der Waals surface area contributed by atoms with Crippen molar-refractivity contribution >= 4 is 11.6 Å². The third-order valence-electron chi connectivity index (χ3n) is 4.62. The van der Waals surface area contributed by atoms with E-state index in [-0.39, 0.29) is 17.5 Å². The topological polar surface area (TPSA) is 37.4 Å².